The summed E-state index contributed by atoms with van der Waals surface area (Å²) < 4.78 is 27.8. The van der Waals surface area contributed by atoms with Crippen molar-refractivity contribution in [1.82, 2.24) is 0 Å². The van der Waals surface area contributed by atoms with Crippen LogP contribution in [-0.2, 0) is 28.5 Å². The number of fused-ring (bicyclic) bond motifs is 1. The molecule has 1 fully saturated rings. The van der Waals surface area contributed by atoms with E-state index in [-0.39, 0.29) is 36.8 Å². The van der Waals surface area contributed by atoms with Crippen LogP contribution in [0, 0.1) is 11.8 Å². The minimum Gasteiger partial charge on any atom is -0.472 e. The van der Waals surface area contributed by atoms with Crippen LogP contribution in [0.2, 0.25) is 0 Å². The van der Waals surface area contributed by atoms with Gasteiger partial charge in [-0.25, -0.2) is 0 Å². The Morgan fingerprint density at radius 2 is 2.23 bits per heavy atom. The van der Waals surface area contributed by atoms with E-state index in [1.165, 1.54) is 6.92 Å². The predicted octanol–water partition coefficient (Wildman–Crippen LogP) is 2.23. The smallest absolute Gasteiger partial charge is 0.302 e. The number of hydrogen-bond acceptors (Lipinski definition) is 6. The second kappa shape index (κ2) is 7.94. The van der Waals surface area contributed by atoms with Gasteiger partial charge in [0.25, 0.3) is 0 Å². The average molecular weight is 314 g/mol. The van der Waals surface area contributed by atoms with Gasteiger partial charge in [0, 0.05) is 26.2 Å². The normalized spacial score (nSPS) is 31.9. The van der Waals surface area contributed by atoms with Gasteiger partial charge in [0.05, 0.1) is 18.3 Å². The van der Waals surface area contributed by atoms with Crippen LogP contribution in [0.5, 0.6) is 0 Å². The molecule has 0 aromatic rings. The van der Waals surface area contributed by atoms with E-state index in [0.717, 1.165) is 18.4 Å². The number of esters is 1. The third-order valence-electron chi connectivity index (χ3n) is 4.27. The van der Waals surface area contributed by atoms with E-state index in [1.807, 2.05) is 13.8 Å². The van der Waals surface area contributed by atoms with E-state index in [9.17, 15) is 4.79 Å². The molecule has 1 unspecified atom stereocenters. The summed E-state index contributed by atoms with van der Waals surface area (Å²) in [6.07, 6.45) is 2.92. The topological polar surface area (TPSA) is 63.2 Å². The Hall–Kier alpha value is -1.11. The Morgan fingerprint density at radius 1 is 1.45 bits per heavy atom. The lowest BCUT2D eigenvalue weighted by Gasteiger charge is -2.37. The molecule has 6 heteroatoms. The van der Waals surface area contributed by atoms with Gasteiger partial charge in [-0.3, -0.25) is 4.79 Å². The molecule has 2 rings (SSSR count). The van der Waals surface area contributed by atoms with Gasteiger partial charge in [-0.15, -0.1) is 0 Å². The van der Waals surface area contributed by atoms with Crippen molar-refractivity contribution >= 4 is 5.97 Å². The maximum absolute atomic E-state index is 11.0. The van der Waals surface area contributed by atoms with E-state index in [4.69, 9.17) is 23.7 Å². The van der Waals surface area contributed by atoms with E-state index < -0.39 is 6.29 Å². The maximum atomic E-state index is 11.0. The summed E-state index contributed by atoms with van der Waals surface area (Å²) >= 11 is 0. The average Bonchev–Trinajstić information content (AvgIpc) is 2.91. The van der Waals surface area contributed by atoms with E-state index >= 15 is 0 Å². The summed E-state index contributed by atoms with van der Waals surface area (Å²) in [5.74, 6) is 0.0439. The zero-order valence-corrected chi connectivity index (χ0v) is 13.7. The summed E-state index contributed by atoms with van der Waals surface area (Å²) in [4.78, 5) is 11.0. The van der Waals surface area contributed by atoms with Crippen molar-refractivity contribution in [2.75, 3.05) is 20.3 Å². The highest BCUT2D eigenvalue weighted by atomic mass is 16.8. The fraction of sp³-hybridized carbons (Fsp3) is 0.812. The van der Waals surface area contributed by atoms with Gasteiger partial charge in [0.1, 0.15) is 6.61 Å². The Balaban J connectivity index is 2.07. The SMILES string of the molecule is CCOC(C)O[C@@H]1OC=C(COC(C)=O)[C@H]2CC[C@H](OC)[C@H]12. The van der Waals surface area contributed by atoms with Crippen LogP contribution in [-0.4, -0.2) is 45.0 Å². The highest BCUT2D eigenvalue weighted by Gasteiger charge is 2.47. The van der Waals surface area contributed by atoms with E-state index in [1.54, 1.807) is 13.4 Å². The van der Waals surface area contributed by atoms with Crippen molar-refractivity contribution in [2.24, 2.45) is 11.8 Å². The summed E-state index contributed by atoms with van der Waals surface area (Å²) in [6, 6.07) is 0. The molecule has 0 bridgehead atoms. The molecule has 1 aliphatic carbocycles. The third-order valence-corrected chi connectivity index (χ3v) is 4.27. The molecule has 126 valence electrons. The van der Waals surface area contributed by atoms with E-state index in [0.29, 0.717) is 6.61 Å². The zero-order chi connectivity index (χ0) is 16.1. The first-order valence-electron chi connectivity index (χ1n) is 7.84. The van der Waals surface area contributed by atoms with Crippen LogP contribution >= 0.6 is 0 Å². The van der Waals surface area contributed by atoms with Gasteiger partial charge >= 0.3 is 5.97 Å². The van der Waals surface area contributed by atoms with Gasteiger partial charge in [0.15, 0.2) is 6.29 Å². The first kappa shape index (κ1) is 17.2. The molecule has 5 atom stereocenters. The van der Waals surface area contributed by atoms with Crippen molar-refractivity contribution in [1.29, 1.82) is 0 Å². The molecule has 0 amide bonds. The van der Waals surface area contributed by atoms with Gasteiger partial charge in [-0.05, 0) is 32.6 Å². The van der Waals surface area contributed by atoms with Gasteiger partial charge < -0.3 is 23.7 Å². The van der Waals surface area contributed by atoms with Crippen LogP contribution in [0.15, 0.2) is 11.8 Å². The molecule has 0 saturated heterocycles. The minimum atomic E-state index is -0.403. The lowest BCUT2D eigenvalue weighted by atomic mass is 9.86. The number of ether oxygens (including phenoxy) is 5. The van der Waals surface area contributed by atoms with Crippen molar-refractivity contribution in [3.05, 3.63) is 11.8 Å². The Morgan fingerprint density at radius 3 is 2.86 bits per heavy atom. The molecule has 1 heterocycles. The summed E-state index contributed by atoms with van der Waals surface area (Å²) in [5, 5.41) is 0. The second-order valence-corrected chi connectivity index (χ2v) is 5.67. The van der Waals surface area contributed by atoms with Gasteiger partial charge in [-0.1, -0.05) is 0 Å². The quantitative estimate of drug-likeness (QED) is 0.530. The molecule has 2 aliphatic rings. The number of carbonyl (C=O) groups is 1. The summed E-state index contributed by atoms with van der Waals surface area (Å²) in [7, 11) is 1.71. The fourth-order valence-electron chi connectivity index (χ4n) is 3.30. The third kappa shape index (κ3) is 4.00. The Kier molecular flexibility index (Phi) is 6.23. The summed E-state index contributed by atoms with van der Waals surface area (Å²) in [5.41, 5.74) is 0.990. The predicted molar refractivity (Wildman–Crippen MR) is 78.8 cm³/mol. The largest absolute Gasteiger partial charge is 0.472 e. The van der Waals surface area contributed by atoms with Crippen LogP contribution in [0.1, 0.15) is 33.6 Å². The Bertz CT molecular complexity index is 407. The molecule has 1 aliphatic heterocycles. The number of methoxy groups -OCH3 is 1. The van der Waals surface area contributed by atoms with Crippen LogP contribution in [0.3, 0.4) is 0 Å². The van der Waals surface area contributed by atoms with Crippen molar-refractivity contribution in [3.63, 3.8) is 0 Å². The molecular formula is C16H26O6. The highest BCUT2D eigenvalue weighted by molar-refractivity contribution is 5.66. The Labute approximate surface area is 131 Å². The lowest BCUT2D eigenvalue weighted by Crippen LogP contribution is -2.42. The molecule has 0 aromatic carbocycles. The first-order chi connectivity index (χ1) is 10.6. The standard InChI is InChI=1S/C16H26O6/c1-5-19-11(3)22-16-15-13(6-7-14(15)18-4)12(9-21-16)8-20-10(2)17/h9,11,13-16H,5-8H2,1-4H3/t11?,13-,14+,15-,16+/m1/s1. The van der Waals surface area contributed by atoms with Crippen LogP contribution in [0.25, 0.3) is 0 Å². The van der Waals surface area contributed by atoms with Crippen molar-refractivity contribution in [3.8, 4) is 0 Å². The lowest BCUT2D eigenvalue weighted by molar-refractivity contribution is -0.255. The van der Waals surface area contributed by atoms with E-state index in [2.05, 4.69) is 0 Å². The molecule has 0 aromatic heterocycles. The van der Waals surface area contributed by atoms with Crippen molar-refractivity contribution < 1.29 is 28.5 Å². The molecule has 0 spiro atoms. The molecular weight excluding hydrogens is 288 g/mol. The molecule has 0 N–H and O–H groups in total. The van der Waals surface area contributed by atoms with Crippen LogP contribution < -0.4 is 0 Å². The fourth-order valence-corrected chi connectivity index (χ4v) is 3.30. The molecule has 1 saturated carbocycles. The van der Waals surface area contributed by atoms with Gasteiger partial charge in [0.2, 0.25) is 6.29 Å². The summed E-state index contributed by atoms with van der Waals surface area (Å²) in [6.45, 7) is 6.04. The highest BCUT2D eigenvalue weighted by Crippen LogP contribution is 2.44. The zero-order valence-electron chi connectivity index (χ0n) is 13.7. The second-order valence-electron chi connectivity index (χ2n) is 5.67. The number of carbonyl (C=O) groups excluding carboxylic acids is 1. The monoisotopic (exact) mass is 314 g/mol. The van der Waals surface area contributed by atoms with Crippen LogP contribution in [0.4, 0.5) is 0 Å². The minimum absolute atomic E-state index is 0.0739. The molecule has 6 nitrogen and oxygen atoms in total. The van der Waals surface area contributed by atoms with Gasteiger partial charge in [-0.2, -0.15) is 0 Å². The molecule has 22 heavy (non-hydrogen) atoms. The maximum Gasteiger partial charge on any atom is 0.302 e. The number of hydrogen-bond donors (Lipinski definition) is 0. The molecule has 0 radical (unpaired) electrons. The first-order valence-corrected chi connectivity index (χ1v) is 7.84. The number of rotatable bonds is 7. The van der Waals surface area contributed by atoms with Crippen molar-refractivity contribution in [2.45, 2.75) is 52.3 Å².